The van der Waals surface area contributed by atoms with Crippen molar-refractivity contribution in [3.05, 3.63) is 68.5 Å². The standard InChI is InChI=1S/C12H7FN2O5/c13-8-4-10(15(18)19)7-12(5-8)20-11-3-1-2-9(6-11)14(16)17/h1-7H. The zero-order valence-electron chi connectivity index (χ0n) is 9.86. The van der Waals surface area contributed by atoms with Crippen molar-refractivity contribution in [2.45, 2.75) is 0 Å². The highest BCUT2D eigenvalue weighted by atomic mass is 19.1. The lowest BCUT2D eigenvalue weighted by atomic mass is 10.3. The molecule has 0 amide bonds. The second-order valence-corrected chi connectivity index (χ2v) is 3.76. The van der Waals surface area contributed by atoms with Crippen molar-refractivity contribution < 1.29 is 19.0 Å². The molecule has 0 N–H and O–H groups in total. The number of ether oxygens (including phenoxy) is 1. The van der Waals surface area contributed by atoms with E-state index in [9.17, 15) is 24.6 Å². The molecule has 0 spiro atoms. The summed E-state index contributed by atoms with van der Waals surface area (Å²) < 4.78 is 18.4. The molecule has 0 saturated carbocycles. The number of hydrogen-bond acceptors (Lipinski definition) is 5. The van der Waals surface area contributed by atoms with Gasteiger partial charge in [0.25, 0.3) is 11.4 Å². The van der Waals surface area contributed by atoms with Crippen LogP contribution in [0, 0.1) is 26.0 Å². The number of nitrogens with zero attached hydrogens (tertiary/aromatic N) is 2. The Hall–Kier alpha value is -3.03. The fourth-order valence-electron chi connectivity index (χ4n) is 1.51. The summed E-state index contributed by atoms with van der Waals surface area (Å²) in [5.74, 6) is -0.865. The first-order valence-electron chi connectivity index (χ1n) is 5.33. The minimum atomic E-state index is -0.834. The Balaban J connectivity index is 2.32. The van der Waals surface area contributed by atoms with Crippen LogP contribution < -0.4 is 4.74 Å². The third-order valence-electron chi connectivity index (χ3n) is 2.33. The maximum atomic E-state index is 13.2. The van der Waals surface area contributed by atoms with E-state index in [2.05, 4.69) is 0 Å². The highest BCUT2D eigenvalue weighted by molar-refractivity contribution is 5.44. The van der Waals surface area contributed by atoms with Gasteiger partial charge in [0.15, 0.2) is 0 Å². The van der Waals surface area contributed by atoms with Crippen LogP contribution in [0.5, 0.6) is 11.5 Å². The van der Waals surface area contributed by atoms with Gasteiger partial charge in [-0.1, -0.05) is 6.07 Å². The minimum Gasteiger partial charge on any atom is -0.457 e. The Labute approximate surface area is 111 Å². The molecule has 2 aromatic carbocycles. The van der Waals surface area contributed by atoms with Gasteiger partial charge in [-0.3, -0.25) is 20.2 Å². The Morgan fingerprint density at radius 2 is 1.55 bits per heavy atom. The molecule has 2 aromatic rings. The van der Waals surface area contributed by atoms with E-state index in [0.29, 0.717) is 0 Å². The van der Waals surface area contributed by atoms with Gasteiger partial charge in [0.2, 0.25) is 0 Å². The number of hydrogen-bond donors (Lipinski definition) is 0. The average molecular weight is 278 g/mol. The maximum Gasteiger partial charge on any atom is 0.276 e. The quantitative estimate of drug-likeness (QED) is 0.630. The Morgan fingerprint density at radius 1 is 0.900 bits per heavy atom. The number of halogens is 1. The van der Waals surface area contributed by atoms with Gasteiger partial charge in [-0.05, 0) is 6.07 Å². The normalized spacial score (nSPS) is 10.1. The molecule has 0 aliphatic carbocycles. The molecule has 8 heteroatoms. The molecular weight excluding hydrogens is 271 g/mol. The Kier molecular flexibility index (Phi) is 3.56. The smallest absolute Gasteiger partial charge is 0.276 e. The van der Waals surface area contributed by atoms with E-state index in [-0.39, 0.29) is 17.2 Å². The van der Waals surface area contributed by atoms with Gasteiger partial charge in [0, 0.05) is 12.1 Å². The second kappa shape index (κ2) is 5.31. The van der Waals surface area contributed by atoms with Crippen LogP contribution in [-0.4, -0.2) is 9.85 Å². The van der Waals surface area contributed by atoms with Gasteiger partial charge < -0.3 is 4.74 Å². The van der Waals surface area contributed by atoms with Crippen molar-refractivity contribution in [3.8, 4) is 11.5 Å². The van der Waals surface area contributed by atoms with Gasteiger partial charge in [0.1, 0.15) is 17.3 Å². The molecule has 0 aromatic heterocycles. The predicted molar refractivity (Wildman–Crippen MR) is 66.2 cm³/mol. The van der Waals surface area contributed by atoms with Crippen LogP contribution >= 0.6 is 0 Å². The molecule has 0 fully saturated rings. The van der Waals surface area contributed by atoms with Crippen molar-refractivity contribution in [1.82, 2.24) is 0 Å². The topological polar surface area (TPSA) is 95.5 Å². The summed E-state index contributed by atoms with van der Waals surface area (Å²) >= 11 is 0. The summed E-state index contributed by atoms with van der Waals surface area (Å²) in [7, 11) is 0. The summed E-state index contributed by atoms with van der Waals surface area (Å²) in [6.07, 6.45) is 0. The Bertz CT molecular complexity index is 689. The van der Waals surface area contributed by atoms with E-state index in [0.717, 1.165) is 24.3 Å². The molecule has 0 bridgehead atoms. The van der Waals surface area contributed by atoms with Crippen molar-refractivity contribution in [3.63, 3.8) is 0 Å². The molecule has 0 unspecified atom stereocenters. The zero-order chi connectivity index (χ0) is 14.7. The fourth-order valence-corrected chi connectivity index (χ4v) is 1.51. The van der Waals surface area contributed by atoms with Crippen LogP contribution in [-0.2, 0) is 0 Å². The zero-order valence-corrected chi connectivity index (χ0v) is 9.86. The second-order valence-electron chi connectivity index (χ2n) is 3.76. The molecule has 0 atom stereocenters. The van der Waals surface area contributed by atoms with Crippen LogP contribution in [0.1, 0.15) is 0 Å². The first-order chi connectivity index (χ1) is 9.45. The van der Waals surface area contributed by atoms with Crippen LogP contribution in [0.3, 0.4) is 0 Å². The summed E-state index contributed by atoms with van der Waals surface area (Å²) in [6, 6.07) is 7.94. The number of nitro groups is 2. The summed E-state index contributed by atoms with van der Waals surface area (Å²) in [5.41, 5.74) is -0.668. The lowest BCUT2D eigenvalue weighted by Gasteiger charge is -2.05. The fraction of sp³-hybridized carbons (Fsp3) is 0. The van der Waals surface area contributed by atoms with Crippen molar-refractivity contribution in [2.24, 2.45) is 0 Å². The first kappa shape index (κ1) is 13.4. The highest BCUT2D eigenvalue weighted by Gasteiger charge is 2.12. The Morgan fingerprint density at radius 3 is 2.20 bits per heavy atom. The minimum absolute atomic E-state index is 0.0825. The number of non-ortho nitro benzene ring substituents is 2. The number of benzene rings is 2. The molecule has 0 aliphatic heterocycles. The lowest BCUT2D eigenvalue weighted by Crippen LogP contribution is -1.92. The van der Waals surface area contributed by atoms with Gasteiger partial charge in [-0.15, -0.1) is 0 Å². The van der Waals surface area contributed by atoms with E-state index >= 15 is 0 Å². The van der Waals surface area contributed by atoms with E-state index < -0.39 is 21.4 Å². The molecule has 0 radical (unpaired) electrons. The van der Waals surface area contributed by atoms with E-state index in [1.165, 1.54) is 18.2 Å². The third kappa shape index (κ3) is 3.05. The average Bonchev–Trinajstić information content (AvgIpc) is 2.38. The van der Waals surface area contributed by atoms with Gasteiger partial charge in [0.05, 0.1) is 28.0 Å². The van der Waals surface area contributed by atoms with Crippen molar-refractivity contribution >= 4 is 11.4 Å². The van der Waals surface area contributed by atoms with Crippen molar-refractivity contribution in [1.29, 1.82) is 0 Å². The van der Waals surface area contributed by atoms with Crippen molar-refractivity contribution in [2.75, 3.05) is 0 Å². The first-order valence-corrected chi connectivity index (χ1v) is 5.33. The molecule has 2 rings (SSSR count). The molecular formula is C12H7FN2O5. The van der Waals surface area contributed by atoms with Gasteiger partial charge in [-0.25, -0.2) is 4.39 Å². The van der Waals surface area contributed by atoms with Crippen LogP contribution in [0.25, 0.3) is 0 Å². The SMILES string of the molecule is O=[N+]([O-])c1cccc(Oc2cc(F)cc([N+](=O)[O-])c2)c1. The van der Waals surface area contributed by atoms with Crippen LogP contribution in [0.15, 0.2) is 42.5 Å². The molecule has 0 heterocycles. The third-order valence-corrected chi connectivity index (χ3v) is 2.33. The van der Waals surface area contributed by atoms with Gasteiger partial charge in [-0.2, -0.15) is 0 Å². The predicted octanol–water partition coefficient (Wildman–Crippen LogP) is 3.43. The summed E-state index contributed by atoms with van der Waals surface area (Å²) in [4.78, 5) is 19.8. The molecule has 20 heavy (non-hydrogen) atoms. The van der Waals surface area contributed by atoms with E-state index in [4.69, 9.17) is 4.74 Å². The highest BCUT2D eigenvalue weighted by Crippen LogP contribution is 2.28. The monoisotopic (exact) mass is 278 g/mol. The largest absolute Gasteiger partial charge is 0.457 e. The van der Waals surface area contributed by atoms with Crippen LogP contribution in [0.2, 0.25) is 0 Å². The maximum absolute atomic E-state index is 13.2. The molecule has 0 aliphatic rings. The molecule has 102 valence electrons. The number of rotatable bonds is 4. The molecule has 7 nitrogen and oxygen atoms in total. The van der Waals surface area contributed by atoms with Gasteiger partial charge >= 0.3 is 0 Å². The van der Waals surface area contributed by atoms with Crippen LogP contribution in [0.4, 0.5) is 15.8 Å². The summed E-state index contributed by atoms with van der Waals surface area (Å²) in [6.45, 7) is 0. The molecule has 0 saturated heterocycles. The van der Waals surface area contributed by atoms with E-state index in [1.54, 1.807) is 0 Å². The van der Waals surface area contributed by atoms with E-state index in [1.807, 2.05) is 0 Å². The number of nitro benzene ring substituents is 2. The lowest BCUT2D eigenvalue weighted by molar-refractivity contribution is -0.385. The summed E-state index contributed by atoms with van der Waals surface area (Å²) in [5, 5.41) is 21.2.